The van der Waals surface area contributed by atoms with E-state index in [0.29, 0.717) is 10.6 Å². The Morgan fingerprint density at radius 3 is 2.88 bits per heavy atom. The van der Waals surface area contributed by atoms with E-state index in [1.807, 2.05) is 17.5 Å². The highest BCUT2D eigenvalue weighted by atomic mass is 35.5. The van der Waals surface area contributed by atoms with E-state index in [9.17, 15) is 0 Å². The molecule has 1 aromatic carbocycles. The molecule has 1 heterocycles. The zero-order chi connectivity index (χ0) is 11.4. The largest absolute Gasteiger partial charge is 0.379 e. The quantitative estimate of drug-likeness (QED) is 0.895. The predicted octanol–water partition coefficient (Wildman–Crippen LogP) is 3.89. The van der Waals surface area contributed by atoms with Gasteiger partial charge in [0, 0.05) is 11.4 Å². The standard InChI is InChI=1S/C12H9ClN2S/c13-11-6-9(7-14)3-4-12(11)15-8-10-2-1-5-16-10/h1-6,15H,8H2. The monoisotopic (exact) mass is 248 g/mol. The van der Waals surface area contributed by atoms with Crippen molar-refractivity contribution >= 4 is 28.6 Å². The first-order valence-electron chi connectivity index (χ1n) is 4.75. The van der Waals surface area contributed by atoms with E-state index in [-0.39, 0.29) is 0 Å². The van der Waals surface area contributed by atoms with Crippen molar-refractivity contribution in [2.45, 2.75) is 6.54 Å². The third-order valence-electron chi connectivity index (χ3n) is 2.13. The van der Waals surface area contributed by atoms with Gasteiger partial charge in [0.15, 0.2) is 0 Å². The summed E-state index contributed by atoms with van der Waals surface area (Å²) in [6.45, 7) is 0.753. The molecule has 0 unspecified atom stereocenters. The van der Waals surface area contributed by atoms with Crippen molar-refractivity contribution in [3.63, 3.8) is 0 Å². The van der Waals surface area contributed by atoms with E-state index in [1.54, 1.807) is 23.5 Å². The number of hydrogen-bond acceptors (Lipinski definition) is 3. The van der Waals surface area contributed by atoms with Crippen LogP contribution in [-0.4, -0.2) is 0 Å². The number of halogens is 1. The van der Waals surface area contributed by atoms with E-state index >= 15 is 0 Å². The molecule has 2 aromatic rings. The van der Waals surface area contributed by atoms with Gasteiger partial charge >= 0.3 is 0 Å². The molecule has 0 aliphatic heterocycles. The van der Waals surface area contributed by atoms with Crippen LogP contribution in [0.4, 0.5) is 5.69 Å². The van der Waals surface area contributed by atoms with Crippen LogP contribution in [0, 0.1) is 11.3 Å². The second kappa shape index (κ2) is 5.02. The number of hydrogen-bond donors (Lipinski definition) is 1. The zero-order valence-corrected chi connectivity index (χ0v) is 9.98. The highest BCUT2D eigenvalue weighted by Gasteiger charge is 2.01. The van der Waals surface area contributed by atoms with E-state index in [4.69, 9.17) is 16.9 Å². The third-order valence-corrected chi connectivity index (χ3v) is 3.32. The van der Waals surface area contributed by atoms with Gasteiger partial charge in [0.1, 0.15) is 0 Å². The molecule has 0 bridgehead atoms. The summed E-state index contributed by atoms with van der Waals surface area (Å²) >= 11 is 7.74. The molecule has 2 nitrogen and oxygen atoms in total. The number of benzene rings is 1. The highest BCUT2D eigenvalue weighted by molar-refractivity contribution is 7.09. The molecule has 0 aliphatic carbocycles. The fourth-order valence-corrected chi connectivity index (χ4v) is 2.22. The summed E-state index contributed by atoms with van der Waals surface area (Å²) in [6, 6.07) is 11.4. The van der Waals surface area contributed by atoms with Gasteiger partial charge in [-0.05, 0) is 29.6 Å². The van der Waals surface area contributed by atoms with Crippen molar-refractivity contribution in [2.24, 2.45) is 0 Å². The number of nitrogens with one attached hydrogen (secondary N) is 1. The lowest BCUT2D eigenvalue weighted by Crippen LogP contribution is -1.98. The molecule has 80 valence electrons. The van der Waals surface area contributed by atoms with Crippen LogP contribution in [0.5, 0.6) is 0 Å². The molecule has 0 amide bonds. The van der Waals surface area contributed by atoms with Gasteiger partial charge in [-0.15, -0.1) is 11.3 Å². The molecule has 4 heteroatoms. The van der Waals surface area contributed by atoms with Gasteiger partial charge in [0.25, 0.3) is 0 Å². The summed E-state index contributed by atoms with van der Waals surface area (Å²) in [5.41, 5.74) is 1.43. The smallest absolute Gasteiger partial charge is 0.0992 e. The Morgan fingerprint density at radius 1 is 1.38 bits per heavy atom. The van der Waals surface area contributed by atoms with Gasteiger partial charge in [-0.1, -0.05) is 17.7 Å². The van der Waals surface area contributed by atoms with Gasteiger partial charge in [-0.2, -0.15) is 5.26 Å². The van der Waals surface area contributed by atoms with E-state index in [1.165, 1.54) is 4.88 Å². The van der Waals surface area contributed by atoms with Crippen LogP contribution in [0.1, 0.15) is 10.4 Å². The van der Waals surface area contributed by atoms with Crippen LogP contribution >= 0.6 is 22.9 Å². The fourth-order valence-electron chi connectivity index (χ4n) is 1.32. The zero-order valence-electron chi connectivity index (χ0n) is 8.40. The van der Waals surface area contributed by atoms with E-state index < -0.39 is 0 Å². The SMILES string of the molecule is N#Cc1ccc(NCc2cccs2)c(Cl)c1. The fraction of sp³-hybridized carbons (Fsp3) is 0.0833. The van der Waals surface area contributed by atoms with Gasteiger partial charge < -0.3 is 5.32 Å². The summed E-state index contributed by atoms with van der Waals surface area (Å²) in [5.74, 6) is 0. The minimum Gasteiger partial charge on any atom is -0.379 e. The summed E-state index contributed by atoms with van der Waals surface area (Å²) in [5, 5.41) is 14.6. The molecule has 0 aliphatic rings. The first kappa shape index (κ1) is 11.0. The number of nitrogens with zero attached hydrogens (tertiary/aromatic N) is 1. The number of nitriles is 1. The minimum atomic E-state index is 0.576. The van der Waals surface area contributed by atoms with Crippen molar-refractivity contribution in [2.75, 3.05) is 5.32 Å². The molecular weight excluding hydrogens is 240 g/mol. The van der Waals surface area contributed by atoms with Gasteiger partial charge in [0.2, 0.25) is 0 Å². The van der Waals surface area contributed by atoms with Crippen LogP contribution in [-0.2, 0) is 6.54 Å². The lowest BCUT2D eigenvalue weighted by atomic mass is 10.2. The Kier molecular flexibility index (Phi) is 3.45. The maximum absolute atomic E-state index is 8.71. The highest BCUT2D eigenvalue weighted by Crippen LogP contribution is 2.23. The second-order valence-corrected chi connectivity index (χ2v) is 4.68. The second-order valence-electron chi connectivity index (χ2n) is 3.24. The average Bonchev–Trinajstić information content (AvgIpc) is 2.80. The van der Waals surface area contributed by atoms with Gasteiger partial charge in [-0.25, -0.2) is 0 Å². The Labute approximate surface area is 103 Å². The lowest BCUT2D eigenvalue weighted by molar-refractivity contribution is 1.19. The predicted molar refractivity (Wildman–Crippen MR) is 67.8 cm³/mol. The van der Waals surface area contributed by atoms with Crippen molar-refractivity contribution in [3.05, 3.63) is 51.2 Å². The van der Waals surface area contributed by atoms with Crippen molar-refractivity contribution in [1.29, 1.82) is 5.26 Å². The van der Waals surface area contributed by atoms with Crippen molar-refractivity contribution in [1.82, 2.24) is 0 Å². The van der Waals surface area contributed by atoms with Crippen LogP contribution in [0.15, 0.2) is 35.7 Å². The van der Waals surface area contributed by atoms with E-state index in [0.717, 1.165) is 12.2 Å². The Hall–Kier alpha value is -1.50. The normalized spacial score (nSPS) is 9.75. The minimum absolute atomic E-state index is 0.576. The molecule has 1 aromatic heterocycles. The Balaban J connectivity index is 2.08. The molecule has 0 fully saturated rings. The van der Waals surface area contributed by atoms with Gasteiger partial charge in [-0.3, -0.25) is 0 Å². The first-order chi connectivity index (χ1) is 7.79. The molecule has 0 saturated heterocycles. The molecule has 0 radical (unpaired) electrons. The average molecular weight is 249 g/mol. The van der Waals surface area contributed by atoms with Crippen molar-refractivity contribution in [3.8, 4) is 6.07 Å². The molecular formula is C12H9ClN2S. The van der Waals surface area contributed by atoms with E-state index in [2.05, 4.69) is 17.5 Å². The number of rotatable bonds is 3. The van der Waals surface area contributed by atoms with Gasteiger partial charge in [0.05, 0.1) is 22.3 Å². The maximum atomic E-state index is 8.71. The van der Waals surface area contributed by atoms with Crippen LogP contribution in [0.3, 0.4) is 0 Å². The molecule has 1 N–H and O–H groups in total. The molecule has 0 saturated carbocycles. The molecule has 0 atom stereocenters. The third kappa shape index (κ3) is 2.54. The first-order valence-corrected chi connectivity index (χ1v) is 6.01. The summed E-state index contributed by atoms with van der Waals surface area (Å²) in [7, 11) is 0. The molecule has 16 heavy (non-hydrogen) atoms. The summed E-state index contributed by atoms with van der Waals surface area (Å²) < 4.78 is 0. The summed E-state index contributed by atoms with van der Waals surface area (Å²) in [6.07, 6.45) is 0. The number of anilines is 1. The van der Waals surface area contributed by atoms with Crippen molar-refractivity contribution < 1.29 is 0 Å². The summed E-state index contributed by atoms with van der Waals surface area (Å²) in [4.78, 5) is 1.25. The Morgan fingerprint density at radius 2 is 2.25 bits per heavy atom. The van der Waals surface area contributed by atoms with Crippen LogP contribution in [0.2, 0.25) is 5.02 Å². The number of thiophene rings is 1. The molecule has 0 spiro atoms. The van der Waals surface area contributed by atoms with Crippen LogP contribution < -0.4 is 5.32 Å². The topological polar surface area (TPSA) is 35.8 Å². The Bertz CT molecular complexity index is 514. The van der Waals surface area contributed by atoms with Crippen LogP contribution in [0.25, 0.3) is 0 Å². The molecule has 2 rings (SSSR count). The maximum Gasteiger partial charge on any atom is 0.0992 e. The lowest BCUT2D eigenvalue weighted by Gasteiger charge is -2.06.